The minimum atomic E-state index is 0.577. The Morgan fingerprint density at radius 3 is 2.42 bits per heavy atom. The molecule has 1 aromatic heterocycles. The Morgan fingerprint density at radius 2 is 1.74 bits per heavy atom. The quantitative estimate of drug-likeness (QED) is 0.709. The summed E-state index contributed by atoms with van der Waals surface area (Å²) in [6.45, 7) is 0. The van der Waals surface area contributed by atoms with Crippen molar-refractivity contribution >= 4 is 17.3 Å². The Kier molecular flexibility index (Phi) is 2.97. The minimum Gasteiger partial charge on any atom is -0.445 e. The highest BCUT2D eigenvalue weighted by Gasteiger charge is 2.08. The fourth-order valence-corrected chi connectivity index (χ4v) is 2.13. The molecule has 4 heteroatoms. The van der Waals surface area contributed by atoms with Crippen LogP contribution in [-0.4, -0.2) is 4.98 Å². The summed E-state index contributed by atoms with van der Waals surface area (Å²) in [7, 11) is 0. The lowest BCUT2D eigenvalue weighted by Crippen LogP contribution is -1.86. The number of rotatable bonds is 2. The van der Waals surface area contributed by atoms with Crippen molar-refractivity contribution in [2.24, 2.45) is 0 Å². The van der Waals surface area contributed by atoms with Gasteiger partial charge in [0.05, 0.1) is 6.20 Å². The van der Waals surface area contributed by atoms with Gasteiger partial charge in [-0.15, -0.1) is 0 Å². The fourth-order valence-electron chi connectivity index (χ4n) is 1.91. The van der Waals surface area contributed by atoms with Gasteiger partial charge in [-0.1, -0.05) is 23.7 Å². The Balaban J connectivity index is 2.10. The molecule has 0 atom stereocenters. The summed E-state index contributed by atoms with van der Waals surface area (Å²) in [5.74, 6) is 0.577. The lowest BCUT2D eigenvalue weighted by molar-refractivity contribution is 0.574. The van der Waals surface area contributed by atoms with Crippen LogP contribution in [0.3, 0.4) is 0 Å². The molecule has 0 saturated heterocycles. The van der Waals surface area contributed by atoms with E-state index in [4.69, 9.17) is 21.8 Å². The molecule has 0 bridgehead atoms. The van der Waals surface area contributed by atoms with Crippen LogP contribution in [0.2, 0.25) is 5.02 Å². The molecule has 0 fully saturated rings. The third-order valence-corrected chi connectivity index (χ3v) is 3.20. The molecule has 0 aliphatic carbocycles. The van der Waals surface area contributed by atoms with Gasteiger partial charge in [0.1, 0.15) is 6.26 Å². The van der Waals surface area contributed by atoms with Crippen LogP contribution < -0.4 is 5.73 Å². The van der Waals surface area contributed by atoms with Gasteiger partial charge in [-0.05, 0) is 35.9 Å². The van der Waals surface area contributed by atoms with E-state index in [0.29, 0.717) is 10.9 Å². The largest absolute Gasteiger partial charge is 0.445 e. The van der Waals surface area contributed by atoms with Crippen LogP contribution >= 0.6 is 11.6 Å². The number of benzene rings is 2. The van der Waals surface area contributed by atoms with E-state index in [1.807, 2.05) is 42.5 Å². The van der Waals surface area contributed by atoms with Crippen molar-refractivity contribution in [3.63, 3.8) is 0 Å². The van der Waals surface area contributed by atoms with E-state index in [1.54, 1.807) is 12.5 Å². The van der Waals surface area contributed by atoms with Crippen LogP contribution in [0, 0.1) is 0 Å². The van der Waals surface area contributed by atoms with Gasteiger partial charge in [0.2, 0.25) is 5.89 Å². The first-order valence-corrected chi connectivity index (χ1v) is 6.17. The van der Waals surface area contributed by atoms with Crippen molar-refractivity contribution < 1.29 is 4.42 Å². The first kappa shape index (κ1) is 11.8. The molecule has 0 amide bonds. The lowest BCUT2D eigenvalue weighted by Gasteiger charge is -2.06. The summed E-state index contributed by atoms with van der Waals surface area (Å²) in [4.78, 5) is 4.14. The van der Waals surface area contributed by atoms with Crippen molar-refractivity contribution in [2.45, 2.75) is 0 Å². The Bertz CT molecular complexity index is 691. The standard InChI is InChI=1S/C15H11ClN2O/c16-14-6-3-11(15-18-7-8-19-15)9-13(14)10-1-4-12(17)5-2-10/h1-9H,17H2. The molecule has 3 aromatic rings. The van der Waals surface area contributed by atoms with Gasteiger partial charge >= 0.3 is 0 Å². The molecule has 94 valence electrons. The number of hydrogen-bond acceptors (Lipinski definition) is 3. The zero-order valence-electron chi connectivity index (χ0n) is 10.0. The minimum absolute atomic E-state index is 0.577. The maximum Gasteiger partial charge on any atom is 0.225 e. The molecule has 19 heavy (non-hydrogen) atoms. The number of anilines is 1. The maximum absolute atomic E-state index is 6.25. The number of halogens is 1. The summed E-state index contributed by atoms with van der Waals surface area (Å²) in [5.41, 5.74) is 9.24. The highest BCUT2D eigenvalue weighted by Crippen LogP contribution is 2.32. The van der Waals surface area contributed by atoms with Gasteiger partial charge in [-0.3, -0.25) is 0 Å². The fraction of sp³-hybridized carbons (Fsp3) is 0. The highest BCUT2D eigenvalue weighted by atomic mass is 35.5. The van der Waals surface area contributed by atoms with Crippen LogP contribution in [0.1, 0.15) is 0 Å². The average Bonchev–Trinajstić information content (AvgIpc) is 2.94. The van der Waals surface area contributed by atoms with Gasteiger partial charge in [0.25, 0.3) is 0 Å². The summed E-state index contributed by atoms with van der Waals surface area (Å²) >= 11 is 6.25. The van der Waals surface area contributed by atoms with Gasteiger partial charge in [-0.25, -0.2) is 4.98 Å². The molecule has 2 N–H and O–H groups in total. The first-order chi connectivity index (χ1) is 9.24. The van der Waals surface area contributed by atoms with Crippen LogP contribution in [-0.2, 0) is 0 Å². The Hall–Kier alpha value is -2.26. The SMILES string of the molecule is Nc1ccc(-c2cc(-c3ncco3)ccc2Cl)cc1. The van der Waals surface area contributed by atoms with Crippen molar-refractivity contribution in [1.82, 2.24) is 4.98 Å². The molecule has 0 saturated carbocycles. The normalized spacial score (nSPS) is 10.6. The van der Waals surface area contributed by atoms with Crippen molar-refractivity contribution in [3.8, 4) is 22.6 Å². The molecule has 0 aliphatic rings. The summed E-state index contributed by atoms with van der Waals surface area (Å²) in [6.07, 6.45) is 3.17. The molecule has 0 spiro atoms. The van der Waals surface area contributed by atoms with E-state index >= 15 is 0 Å². The first-order valence-electron chi connectivity index (χ1n) is 5.79. The highest BCUT2D eigenvalue weighted by molar-refractivity contribution is 6.33. The average molecular weight is 271 g/mol. The molecule has 3 rings (SSSR count). The molecule has 1 heterocycles. The number of nitrogens with two attached hydrogens (primary N) is 1. The monoisotopic (exact) mass is 270 g/mol. The number of hydrogen-bond donors (Lipinski definition) is 1. The van der Waals surface area contributed by atoms with Crippen molar-refractivity contribution in [1.29, 1.82) is 0 Å². The third-order valence-electron chi connectivity index (χ3n) is 2.87. The molecule has 0 unspecified atom stereocenters. The molecular weight excluding hydrogens is 260 g/mol. The topological polar surface area (TPSA) is 52.0 Å². The van der Waals surface area contributed by atoms with Crippen LogP contribution in [0.25, 0.3) is 22.6 Å². The van der Waals surface area contributed by atoms with Crippen LogP contribution in [0.15, 0.2) is 59.3 Å². The number of oxazole rings is 1. The van der Waals surface area contributed by atoms with Gasteiger partial charge in [0, 0.05) is 21.8 Å². The van der Waals surface area contributed by atoms with Crippen LogP contribution in [0.4, 0.5) is 5.69 Å². The molecular formula is C15H11ClN2O. The molecule has 0 aliphatic heterocycles. The number of aromatic nitrogens is 1. The van der Waals surface area contributed by atoms with Crippen molar-refractivity contribution in [3.05, 3.63) is 59.9 Å². The number of nitrogens with zero attached hydrogens (tertiary/aromatic N) is 1. The van der Waals surface area contributed by atoms with E-state index in [-0.39, 0.29) is 0 Å². The lowest BCUT2D eigenvalue weighted by atomic mass is 10.0. The van der Waals surface area contributed by atoms with E-state index in [2.05, 4.69) is 4.98 Å². The zero-order chi connectivity index (χ0) is 13.2. The second-order valence-corrected chi connectivity index (χ2v) is 4.56. The molecule has 0 radical (unpaired) electrons. The van der Waals surface area contributed by atoms with Gasteiger partial charge in [0.15, 0.2) is 0 Å². The maximum atomic E-state index is 6.25. The van der Waals surface area contributed by atoms with E-state index in [9.17, 15) is 0 Å². The molecule has 3 nitrogen and oxygen atoms in total. The number of nitrogen functional groups attached to an aromatic ring is 1. The van der Waals surface area contributed by atoms with Gasteiger partial charge < -0.3 is 10.2 Å². The van der Waals surface area contributed by atoms with Crippen molar-refractivity contribution in [2.75, 3.05) is 5.73 Å². The summed E-state index contributed by atoms with van der Waals surface area (Å²) in [5, 5.41) is 0.681. The Labute approximate surface area is 115 Å². The van der Waals surface area contributed by atoms with Crippen LogP contribution in [0.5, 0.6) is 0 Å². The second-order valence-electron chi connectivity index (χ2n) is 4.15. The zero-order valence-corrected chi connectivity index (χ0v) is 10.8. The van der Waals surface area contributed by atoms with E-state index in [0.717, 1.165) is 22.4 Å². The Morgan fingerprint density at radius 1 is 1.00 bits per heavy atom. The van der Waals surface area contributed by atoms with E-state index in [1.165, 1.54) is 0 Å². The van der Waals surface area contributed by atoms with Gasteiger partial charge in [-0.2, -0.15) is 0 Å². The smallest absolute Gasteiger partial charge is 0.225 e. The predicted molar refractivity (Wildman–Crippen MR) is 76.8 cm³/mol. The third kappa shape index (κ3) is 2.33. The summed E-state index contributed by atoms with van der Waals surface area (Å²) in [6, 6.07) is 13.3. The molecule has 2 aromatic carbocycles. The second kappa shape index (κ2) is 4.78. The summed E-state index contributed by atoms with van der Waals surface area (Å²) < 4.78 is 5.30. The predicted octanol–water partition coefficient (Wildman–Crippen LogP) is 4.24. The van der Waals surface area contributed by atoms with E-state index < -0.39 is 0 Å².